The van der Waals surface area contributed by atoms with E-state index in [1.54, 1.807) is 20.8 Å². The van der Waals surface area contributed by atoms with E-state index in [1.807, 2.05) is 0 Å². The summed E-state index contributed by atoms with van der Waals surface area (Å²) in [5.41, 5.74) is 2.00. The van der Waals surface area contributed by atoms with E-state index in [0.29, 0.717) is 12.3 Å². The SMILES string of the molecule is COC(=O)C(CC(Cc1ccc(C(C)(C)C)cc1)C(C)C)NC(=O)OC(C)(C)C. The molecule has 0 saturated heterocycles. The second-order valence-corrected chi connectivity index (χ2v) is 10.1. The number of carbonyl (C=O) groups is 2. The Morgan fingerprint density at radius 1 is 1.00 bits per heavy atom. The molecule has 0 aliphatic rings. The summed E-state index contributed by atoms with van der Waals surface area (Å²) in [4.78, 5) is 24.5. The van der Waals surface area contributed by atoms with Gasteiger partial charge in [-0.1, -0.05) is 58.9 Å². The molecule has 1 rings (SSSR count). The van der Waals surface area contributed by atoms with E-state index < -0.39 is 23.7 Å². The van der Waals surface area contributed by atoms with Gasteiger partial charge in [0.1, 0.15) is 11.6 Å². The number of esters is 1. The van der Waals surface area contributed by atoms with E-state index in [-0.39, 0.29) is 11.3 Å². The third-order valence-corrected chi connectivity index (χ3v) is 4.98. The molecule has 0 aliphatic carbocycles. The number of hydrogen-bond acceptors (Lipinski definition) is 4. The first-order chi connectivity index (χ1) is 13.2. The maximum absolute atomic E-state index is 12.3. The molecule has 0 aliphatic heterocycles. The van der Waals surface area contributed by atoms with Crippen LogP contribution in [0.3, 0.4) is 0 Å². The monoisotopic (exact) mass is 405 g/mol. The van der Waals surface area contributed by atoms with Gasteiger partial charge in [0.2, 0.25) is 0 Å². The summed E-state index contributed by atoms with van der Waals surface area (Å²) in [5, 5.41) is 2.69. The minimum absolute atomic E-state index is 0.114. The van der Waals surface area contributed by atoms with Crippen molar-refractivity contribution in [3.05, 3.63) is 35.4 Å². The van der Waals surface area contributed by atoms with Crippen LogP contribution in [0.2, 0.25) is 0 Å². The molecular formula is C24H39NO4. The fourth-order valence-corrected chi connectivity index (χ4v) is 3.14. The van der Waals surface area contributed by atoms with E-state index in [0.717, 1.165) is 6.42 Å². The highest BCUT2D eigenvalue weighted by Crippen LogP contribution is 2.26. The Hall–Kier alpha value is -2.04. The number of carbonyl (C=O) groups excluding carboxylic acids is 2. The predicted octanol–water partition coefficient (Wildman–Crippen LogP) is 5.26. The van der Waals surface area contributed by atoms with E-state index in [4.69, 9.17) is 9.47 Å². The molecule has 1 aromatic carbocycles. The Morgan fingerprint density at radius 2 is 1.55 bits per heavy atom. The van der Waals surface area contributed by atoms with Crippen LogP contribution in [0.5, 0.6) is 0 Å². The predicted molar refractivity (Wildman–Crippen MR) is 117 cm³/mol. The number of amides is 1. The molecule has 0 radical (unpaired) electrons. The lowest BCUT2D eigenvalue weighted by Crippen LogP contribution is -2.45. The van der Waals surface area contributed by atoms with Crippen molar-refractivity contribution in [2.75, 3.05) is 7.11 Å². The summed E-state index contributed by atoms with van der Waals surface area (Å²) in [7, 11) is 1.34. The van der Waals surface area contributed by atoms with Crippen LogP contribution >= 0.6 is 0 Å². The van der Waals surface area contributed by atoms with Crippen molar-refractivity contribution in [2.45, 2.75) is 85.3 Å². The van der Waals surface area contributed by atoms with Crippen molar-refractivity contribution < 1.29 is 19.1 Å². The van der Waals surface area contributed by atoms with E-state index in [1.165, 1.54) is 18.2 Å². The number of alkyl carbamates (subject to hydrolysis) is 1. The van der Waals surface area contributed by atoms with Crippen LogP contribution in [0.15, 0.2) is 24.3 Å². The molecule has 164 valence electrons. The number of rotatable bonds is 7. The minimum Gasteiger partial charge on any atom is -0.467 e. The van der Waals surface area contributed by atoms with Gasteiger partial charge in [0.05, 0.1) is 7.11 Å². The first-order valence-electron chi connectivity index (χ1n) is 10.4. The van der Waals surface area contributed by atoms with Gasteiger partial charge < -0.3 is 14.8 Å². The Morgan fingerprint density at radius 3 is 1.97 bits per heavy atom. The van der Waals surface area contributed by atoms with Crippen molar-refractivity contribution in [1.29, 1.82) is 0 Å². The molecule has 1 N–H and O–H groups in total. The molecule has 0 bridgehead atoms. The molecular weight excluding hydrogens is 366 g/mol. The molecule has 5 nitrogen and oxygen atoms in total. The van der Waals surface area contributed by atoms with Crippen LogP contribution in [-0.2, 0) is 26.1 Å². The van der Waals surface area contributed by atoms with Gasteiger partial charge in [-0.3, -0.25) is 0 Å². The molecule has 0 heterocycles. The summed E-state index contributed by atoms with van der Waals surface area (Å²) < 4.78 is 10.2. The van der Waals surface area contributed by atoms with Crippen LogP contribution in [0, 0.1) is 11.8 Å². The minimum atomic E-state index is -0.740. The van der Waals surface area contributed by atoms with Crippen molar-refractivity contribution in [3.8, 4) is 0 Å². The summed E-state index contributed by atoms with van der Waals surface area (Å²) in [6.07, 6.45) is 0.709. The molecule has 1 aromatic rings. The standard InChI is InChI=1S/C24H39NO4/c1-16(2)18(14-17-10-12-19(13-11-17)23(3,4)5)15-20(21(26)28-9)25-22(27)29-24(6,7)8/h10-13,16,18,20H,14-15H2,1-9H3,(H,25,27). The second kappa shape index (κ2) is 10.1. The molecule has 0 spiro atoms. The summed E-state index contributed by atoms with van der Waals surface area (Å²) in [6, 6.07) is 7.91. The lowest BCUT2D eigenvalue weighted by Gasteiger charge is -2.27. The van der Waals surface area contributed by atoms with E-state index in [9.17, 15) is 9.59 Å². The molecule has 1 amide bonds. The number of hydrogen-bond donors (Lipinski definition) is 1. The smallest absolute Gasteiger partial charge is 0.408 e. The topological polar surface area (TPSA) is 64.6 Å². The van der Waals surface area contributed by atoms with Crippen LogP contribution < -0.4 is 5.32 Å². The van der Waals surface area contributed by atoms with Crippen LogP contribution in [0.25, 0.3) is 0 Å². The van der Waals surface area contributed by atoms with Gasteiger partial charge >= 0.3 is 12.1 Å². The van der Waals surface area contributed by atoms with Crippen LogP contribution in [0.1, 0.15) is 72.9 Å². The average Bonchev–Trinajstić information content (AvgIpc) is 2.57. The van der Waals surface area contributed by atoms with Crippen LogP contribution in [0.4, 0.5) is 4.79 Å². The first-order valence-corrected chi connectivity index (χ1v) is 10.4. The zero-order chi connectivity index (χ0) is 22.4. The van der Waals surface area contributed by atoms with Crippen molar-refractivity contribution in [2.24, 2.45) is 11.8 Å². The molecule has 0 saturated carbocycles. The zero-order valence-electron chi connectivity index (χ0n) is 19.6. The maximum atomic E-state index is 12.3. The third-order valence-electron chi connectivity index (χ3n) is 4.98. The largest absolute Gasteiger partial charge is 0.467 e. The zero-order valence-corrected chi connectivity index (χ0v) is 19.6. The van der Waals surface area contributed by atoms with Gasteiger partial charge in [-0.2, -0.15) is 0 Å². The molecule has 2 unspecified atom stereocenters. The molecule has 29 heavy (non-hydrogen) atoms. The van der Waals surface area contributed by atoms with Crippen LogP contribution in [-0.4, -0.2) is 30.8 Å². The maximum Gasteiger partial charge on any atom is 0.408 e. The van der Waals surface area contributed by atoms with Gasteiger partial charge in [0.25, 0.3) is 0 Å². The molecule has 5 heteroatoms. The summed E-state index contributed by atoms with van der Waals surface area (Å²) >= 11 is 0. The first kappa shape index (κ1) is 25.0. The number of nitrogens with one attached hydrogen (secondary N) is 1. The fraction of sp³-hybridized carbons (Fsp3) is 0.667. The lowest BCUT2D eigenvalue weighted by molar-refractivity contribution is -0.143. The Labute approximate surface area is 176 Å². The Kier molecular flexibility index (Phi) is 8.73. The fourth-order valence-electron chi connectivity index (χ4n) is 3.14. The highest BCUT2D eigenvalue weighted by atomic mass is 16.6. The van der Waals surface area contributed by atoms with Gasteiger partial charge in [0.15, 0.2) is 0 Å². The van der Waals surface area contributed by atoms with E-state index in [2.05, 4.69) is 64.2 Å². The van der Waals surface area contributed by atoms with Crippen molar-refractivity contribution in [3.63, 3.8) is 0 Å². The third kappa shape index (κ3) is 8.88. The van der Waals surface area contributed by atoms with Crippen molar-refractivity contribution >= 4 is 12.1 Å². The Balaban J connectivity index is 2.91. The van der Waals surface area contributed by atoms with Crippen molar-refractivity contribution in [1.82, 2.24) is 5.32 Å². The lowest BCUT2D eigenvalue weighted by atomic mass is 9.82. The Bertz CT molecular complexity index is 666. The summed E-state index contributed by atoms with van der Waals surface area (Å²) in [6.45, 7) is 16.2. The summed E-state index contributed by atoms with van der Waals surface area (Å²) in [5.74, 6) is 0.0870. The molecule has 2 atom stereocenters. The van der Waals surface area contributed by atoms with Gasteiger partial charge in [-0.05, 0) is 62.0 Å². The van der Waals surface area contributed by atoms with E-state index >= 15 is 0 Å². The number of methoxy groups -OCH3 is 1. The van der Waals surface area contributed by atoms with Gasteiger partial charge in [-0.15, -0.1) is 0 Å². The van der Waals surface area contributed by atoms with Gasteiger partial charge in [0, 0.05) is 0 Å². The number of ether oxygens (including phenoxy) is 2. The van der Waals surface area contributed by atoms with Gasteiger partial charge in [-0.25, -0.2) is 9.59 Å². The highest BCUT2D eigenvalue weighted by Gasteiger charge is 2.29. The highest BCUT2D eigenvalue weighted by molar-refractivity contribution is 5.81. The number of benzene rings is 1. The normalized spacial score (nSPS) is 14.3. The molecule has 0 aromatic heterocycles. The average molecular weight is 406 g/mol. The molecule has 0 fully saturated rings. The quantitative estimate of drug-likeness (QED) is 0.629. The second-order valence-electron chi connectivity index (χ2n) is 10.1.